The van der Waals surface area contributed by atoms with Crippen LogP contribution in [0.4, 0.5) is 4.79 Å². The van der Waals surface area contributed by atoms with Gasteiger partial charge in [0, 0.05) is 26.7 Å². The van der Waals surface area contributed by atoms with Crippen LogP contribution in [0, 0.1) is 0 Å². The first-order chi connectivity index (χ1) is 28.8. The SMILES string of the molecule is CCCCCCCCCCCCCCCCCCCC(=O)OCC(COP(=O)([O-])OCCNC(=O)OCCOC)OCCCCCCCCCCCCCCCCCC.[Na+]. The third-order valence-electron chi connectivity index (χ3n) is 10.8. The summed E-state index contributed by atoms with van der Waals surface area (Å²) in [6.07, 6.45) is 41.1. The first kappa shape index (κ1) is 61.9. The number of phosphoric ester groups is 1. The van der Waals surface area contributed by atoms with Gasteiger partial charge in [-0.15, -0.1) is 0 Å². The molecule has 0 radical (unpaired) electrons. The fourth-order valence-electron chi connectivity index (χ4n) is 7.09. The van der Waals surface area contributed by atoms with Crippen molar-refractivity contribution in [3.8, 4) is 0 Å². The smallest absolute Gasteiger partial charge is 0.756 e. The molecule has 0 heterocycles. The normalized spacial score (nSPS) is 12.8. The number of phosphoric acid groups is 1. The monoisotopic (exact) mass is 886 g/mol. The third kappa shape index (κ3) is 48.8. The maximum atomic E-state index is 12.5. The number of alkyl carbamates (subject to hydrolysis) is 1. The molecule has 0 aliphatic heterocycles. The van der Waals surface area contributed by atoms with E-state index in [0.29, 0.717) is 13.0 Å². The number of carbonyl (C=O) groups excluding carboxylic acids is 2. The van der Waals surface area contributed by atoms with Gasteiger partial charge in [-0.3, -0.25) is 9.36 Å². The van der Waals surface area contributed by atoms with Crippen molar-refractivity contribution < 1.29 is 76.6 Å². The summed E-state index contributed by atoms with van der Waals surface area (Å²) in [5, 5.41) is 2.40. The molecule has 0 aromatic heterocycles. The number of amides is 1. The average Bonchev–Trinajstić information content (AvgIpc) is 3.22. The summed E-state index contributed by atoms with van der Waals surface area (Å²) in [5.41, 5.74) is 0. The number of rotatable bonds is 48. The van der Waals surface area contributed by atoms with Gasteiger partial charge in [-0.2, -0.15) is 0 Å². The van der Waals surface area contributed by atoms with Gasteiger partial charge in [0.25, 0.3) is 7.82 Å². The molecule has 0 bridgehead atoms. The molecule has 2 unspecified atom stereocenters. The minimum Gasteiger partial charge on any atom is -0.756 e. The Labute approximate surface area is 391 Å². The van der Waals surface area contributed by atoms with Crippen molar-refractivity contribution in [1.29, 1.82) is 0 Å². The van der Waals surface area contributed by atoms with Crippen molar-refractivity contribution in [3.05, 3.63) is 0 Å². The third-order valence-corrected chi connectivity index (χ3v) is 11.8. The van der Waals surface area contributed by atoms with Crippen LogP contribution in [0.2, 0.25) is 0 Å². The topological polar surface area (TPSA) is 142 Å². The van der Waals surface area contributed by atoms with Crippen LogP contribution in [0.15, 0.2) is 0 Å². The van der Waals surface area contributed by atoms with E-state index in [1.54, 1.807) is 0 Å². The number of nitrogens with one attached hydrogen (secondary N) is 1. The predicted octanol–water partition coefficient (Wildman–Crippen LogP) is 10.1. The summed E-state index contributed by atoms with van der Waals surface area (Å²) in [6.45, 7) is 4.46. The van der Waals surface area contributed by atoms with Crippen LogP contribution in [-0.4, -0.2) is 71.5 Å². The van der Waals surface area contributed by atoms with E-state index in [9.17, 15) is 19.0 Å². The van der Waals surface area contributed by atoms with E-state index in [0.717, 1.165) is 38.5 Å². The van der Waals surface area contributed by atoms with Gasteiger partial charge in [-0.1, -0.05) is 213 Å². The van der Waals surface area contributed by atoms with Crippen LogP contribution in [-0.2, 0) is 37.4 Å². The summed E-state index contributed by atoms with van der Waals surface area (Å²) >= 11 is 0. The maximum absolute atomic E-state index is 12.5. The summed E-state index contributed by atoms with van der Waals surface area (Å²) in [7, 11) is -3.20. The molecule has 60 heavy (non-hydrogen) atoms. The van der Waals surface area contributed by atoms with Crippen molar-refractivity contribution in [1.82, 2.24) is 5.32 Å². The number of unbranched alkanes of at least 4 members (excludes halogenated alkanes) is 31. The van der Waals surface area contributed by atoms with Crippen LogP contribution >= 0.6 is 7.82 Å². The van der Waals surface area contributed by atoms with E-state index >= 15 is 0 Å². The quantitative estimate of drug-likeness (QED) is 0.0272. The molecule has 13 heteroatoms. The van der Waals surface area contributed by atoms with E-state index in [-0.39, 0.29) is 75.1 Å². The fraction of sp³-hybridized carbons (Fsp3) is 0.957. The Morgan fingerprint density at radius 3 is 1.32 bits per heavy atom. The van der Waals surface area contributed by atoms with Crippen LogP contribution in [0.3, 0.4) is 0 Å². The summed E-state index contributed by atoms with van der Waals surface area (Å²) in [5.74, 6) is -0.313. The molecule has 2 atom stereocenters. The number of hydrogen-bond donors (Lipinski definition) is 1. The van der Waals surface area contributed by atoms with Crippen molar-refractivity contribution in [2.45, 2.75) is 238 Å². The molecule has 352 valence electrons. The molecule has 0 aromatic rings. The van der Waals surface area contributed by atoms with Gasteiger partial charge in [-0.25, -0.2) is 4.79 Å². The summed E-state index contributed by atoms with van der Waals surface area (Å²) in [4.78, 5) is 36.6. The van der Waals surface area contributed by atoms with Gasteiger partial charge >= 0.3 is 41.6 Å². The van der Waals surface area contributed by atoms with Crippen molar-refractivity contribution in [3.63, 3.8) is 0 Å². The summed E-state index contributed by atoms with van der Waals surface area (Å²) < 4.78 is 43.5. The minimum absolute atomic E-state index is 0. The van der Waals surface area contributed by atoms with E-state index in [2.05, 4.69) is 19.2 Å². The second kappa shape index (κ2) is 49.8. The second-order valence-corrected chi connectivity index (χ2v) is 17.9. The Morgan fingerprint density at radius 1 is 0.500 bits per heavy atom. The van der Waals surface area contributed by atoms with Gasteiger partial charge in [-0.05, 0) is 12.8 Å². The molecule has 0 fully saturated rings. The first-order valence-corrected chi connectivity index (χ1v) is 26.1. The van der Waals surface area contributed by atoms with Crippen molar-refractivity contribution >= 4 is 19.9 Å². The number of esters is 1. The Bertz CT molecular complexity index is 950. The Balaban J connectivity index is 0. The minimum atomic E-state index is -4.69. The zero-order valence-electron chi connectivity index (χ0n) is 39.6. The number of carbonyl (C=O) groups is 2. The molecule has 1 N–H and O–H groups in total. The molecule has 0 saturated heterocycles. The van der Waals surface area contributed by atoms with Gasteiger partial charge in [0.05, 0.1) is 19.8 Å². The van der Waals surface area contributed by atoms with Gasteiger partial charge in [0.1, 0.15) is 19.3 Å². The molecule has 11 nitrogen and oxygen atoms in total. The van der Waals surface area contributed by atoms with Gasteiger partial charge in [0.15, 0.2) is 0 Å². The van der Waals surface area contributed by atoms with E-state index < -0.39 is 20.0 Å². The molecule has 0 aliphatic carbocycles. The Hall–Kier alpha value is -0.230. The molecular formula is C47H93NNaO10P. The van der Waals surface area contributed by atoms with E-state index in [1.807, 2.05) is 0 Å². The van der Waals surface area contributed by atoms with Gasteiger partial charge in [0.2, 0.25) is 0 Å². The molecule has 0 saturated carbocycles. The number of ether oxygens (including phenoxy) is 4. The van der Waals surface area contributed by atoms with E-state index in [1.165, 1.54) is 180 Å². The summed E-state index contributed by atoms with van der Waals surface area (Å²) in [6, 6.07) is 0. The van der Waals surface area contributed by atoms with Crippen LogP contribution < -0.4 is 39.8 Å². The maximum Gasteiger partial charge on any atom is 1.00 e. The van der Waals surface area contributed by atoms with Gasteiger partial charge < -0.3 is 38.2 Å². The average molecular weight is 886 g/mol. The zero-order chi connectivity index (χ0) is 43.2. The predicted molar refractivity (Wildman–Crippen MR) is 240 cm³/mol. The van der Waals surface area contributed by atoms with Crippen molar-refractivity contribution in [2.24, 2.45) is 0 Å². The van der Waals surface area contributed by atoms with Crippen molar-refractivity contribution in [2.75, 3.05) is 53.3 Å². The fourth-order valence-corrected chi connectivity index (χ4v) is 7.83. The largest absolute Gasteiger partial charge is 1.00 e. The number of hydrogen-bond acceptors (Lipinski definition) is 10. The molecule has 0 spiro atoms. The zero-order valence-corrected chi connectivity index (χ0v) is 42.5. The molecule has 0 aromatic carbocycles. The first-order valence-electron chi connectivity index (χ1n) is 24.6. The second-order valence-electron chi connectivity index (χ2n) is 16.5. The Kier molecular flexibility index (Phi) is 51.3. The van der Waals surface area contributed by atoms with E-state index in [4.69, 9.17) is 28.0 Å². The molecular weight excluding hydrogens is 792 g/mol. The Morgan fingerprint density at radius 2 is 0.900 bits per heavy atom. The van der Waals surface area contributed by atoms with Crippen LogP contribution in [0.25, 0.3) is 0 Å². The molecule has 0 aliphatic rings. The molecule has 0 rings (SSSR count). The number of methoxy groups -OCH3 is 1. The van der Waals surface area contributed by atoms with Crippen LogP contribution in [0.1, 0.15) is 232 Å². The standard InChI is InChI=1S/C47H94NO10P.Na/c1-4-6-8-10-12-14-16-18-20-22-23-25-27-29-31-33-35-37-46(49)56-43-45(44-58-59(51,52)57-40-38-48-47(50)55-42-41-53-3)54-39-36-34-32-30-28-26-24-21-19-17-15-13-11-9-7-5-2;/h45H,4-44H2,1-3H3,(H,48,50)(H,51,52);/q;+1/p-1. The molecule has 1 amide bonds. The van der Waals surface area contributed by atoms with Crippen LogP contribution in [0.5, 0.6) is 0 Å².